The lowest BCUT2D eigenvalue weighted by atomic mass is 10.1. The van der Waals surface area contributed by atoms with Crippen LogP contribution in [-0.4, -0.2) is 24.3 Å². The van der Waals surface area contributed by atoms with E-state index < -0.39 is 0 Å². The van der Waals surface area contributed by atoms with Crippen molar-refractivity contribution in [3.63, 3.8) is 0 Å². The Kier molecular flexibility index (Phi) is 5.69. The third kappa shape index (κ3) is 4.48. The van der Waals surface area contributed by atoms with Crippen LogP contribution in [0, 0.1) is 0 Å². The Hall–Kier alpha value is -2.38. The molecule has 0 N–H and O–H groups in total. The number of rotatable bonds is 8. The number of nitrogens with zero attached hydrogens (tertiary/aromatic N) is 5. The standard InChI is InChI=1S/C20H21N5S2/c1-24-12-10-21-19(24)15-27-20-23-22-18(14-17-8-5-13-26-17)25(20)11-9-16-6-3-2-4-7-16/h2-8,10,12-13H,9,11,14-15H2,1H3. The molecule has 7 heteroatoms. The molecule has 138 valence electrons. The Labute approximate surface area is 167 Å². The molecular formula is C20H21N5S2. The van der Waals surface area contributed by atoms with Gasteiger partial charge in [-0.3, -0.25) is 0 Å². The van der Waals surface area contributed by atoms with Gasteiger partial charge in [-0.05, 0) is 23.4 Å². The monoisotopic (exact) mass is 395 g/mol. The summed E-state index contributed by atoms with van der Waals surface area (Å²) in [5.74, 6) is 2.85. The van der Waals surface area contributed by atoms with Crippen LogP contribution in [0.25, 0.3) is 0 Å². The molecule has 0 amide bonds. The van der Waals surface area contributed by atoms with E-state index in [1.807, 2.05) is 24.0 Å². The molecule has 0 fully saturated rings. The molecule has 27 heavy (non-hydrogen) atoms. The van der Waals surface area contributed by atoms with Crippen molar-refractivity contribution in [3.8, 4) is 0 Å². The first-order chi connectivity index (χ1) is 13.3. The molecule has 0 bridgehead atoms. The summed E-state index contributed by atoms with van der Waals surface area (Å²) >= 11 is 3.46. The predicted octanol–water partition coefficient (Wildman–Crippen LogP) is 4.20. The average Bonchev–Trinajstić information content (AvgIpc) is 3.42. The van der Waals surface area contributed by atoms with Gasteiger partial charge in [-0.1, -0.05) is 48.2 Å². The first kappa shape index (κ1) is 18.0. The Morgan fingerprint density at radius 1 is 1.04 bits per heavy atom. The number of benzene rings is 1. The lowest BCUT2D eigenvalue weighted by Gasteiger charge is -2.10. The second-order valence-electron chi connectivity index (χ2n) is 6.29. The molecule has 5 nitrogen and oxygen atoms in total. The summed E-state index contributed by atoms with van der Waals surface area (Å²) in [4.78, 5) is 5.72. The SMILES string of the molecule is Cn1ccnc1CSc1nnc(Cc2cccs2)n1CCc1ccccc1. The van der Waals surface area contributed by atoms with Crippen molar-refractivity contribution in [2.45, 2.75) is 30.3 Å². The van der Waals surface area contributed by atoms with Gasteiger partial charge in [-0.2, -0.15) is 0 Å². The van der Waals surface area contributed by atoms with Crippen LogP contribution < -0.4 is 0 Å². The molecule has 0 saturated carbocycles. The first-order valence-electron chi connectivity index (χ1n) is 8.87. The number of aromatic nitrogens is 5. The lowest BCUT2D eigenvalue weighted by Crippen LogP contribution is -2.08. The summed E-state index contributed by atoms with van der Waals surface area (Å²) in [6.45, 7) is 0.876. The van der Waals surface area contributed by atoms with Crippen LogP contribution in [-0.2, 0) is 32.2 Å². The molecule has 0 spiro atoms. The van der Waals surface area contributed by atoms with E-state index in [9.17, 15) is 0 Å². The van der Waals surface area contributed by atoms with E-state index in [0.29, 0.717) is 0 Å². The van der Waals surface area contributed by atoms with Crippen molar-refractivity contribution < 1.29 is 0 Å². The number of thiophene rings is 1. The number of hydrogen-bond acceptors (Lipinski definition) is 5. The smallest absolute Gasteiger partial charge is 0.191 e. The molecule has 0 aliphatic heterocycles. The molecule has 0 unspecified atom stereocenters. The topological polar surface area (TPSA) is 48.5 Å². The summed E-state index contributed by atoms with van der Waals surface area (Å²) in [5, 5.41) is 12.0. The summed E-state index contributed by atoms with van der Waals surface area (Å²) < 4.78 is 4.31. The summed E-state index contributed by atoms with van der Waals surface area (Å²) in [6.07, 6.45) is 5.59. The minimum Gasteiger partial charge on any atom is -0.337 e. The number of aryl methyl sites for hydroxylation is 2. The second-order valence-corrected chi connectivity index (χ2v) is 8.26. The number of imidazole rings is 1. The quantitative estimate of drug-likeness (QED) is 0.420. The summed E-state index contributed by atoms with van der Waals surface area (Å²) in [6, 6.07) is 14.8. The largest absolute Gasteiger partial charge is 0.337 e. The molecule has 0 saturated heterocycles. The maximum Gasteiger partial charge on any atom is 0.191 e. The molecule has 3 heterocycles. The highest BCUT2D eigenvalue weighted by Gasteiger charge is 2.14. The highest BCUT2D eigenvalue weighted by atomic mass is 32.2. The minimum absolute atomic E-state index is 0.784. The van der Waals surface area contributed by atoms with E-state index in [2.05, 4.69) is 67.6 Å². The third-order valence-corrected chi connectivity index (χ3v) is 6.26. The predicted molar refractivity (Wildman–Crippen MR) is 110 cm³/mol. The van der Waals surface area contributed by atoms with Crippen LogP contribution in [0.3, 0.4) is 0 Å². The zero-order valence-corrected chi connectivity index (χ0v) is 16.8. The van der Waals surface area contributed by atoms with Gasteiger partial charge in [0.1, 0.15) is 11.6 Å². The zero-order chi connectivity index (χ0) is 18.5. The van der Waals surface area contributed by atoms with Crippen molar-refractivity contribution in [1.29, 1.82) is 0 Å². The van der Waals surface area contributed by atoms with Gasteiger partial charge < -0.3 is 9.13 Å². The fraction of sp³-hybridized carbons (Fsp3) is 0.250. The fourth-order valence-electron chi connectivity index (χ4n) is 2.90. The van der Waals surface area contributed by atoms with Gasteiger partial charge in [0.25, 0.3) is 0 Å². The van der Waals surface area contributed by atoms with Gasteiger partial charge in [0.05, 0.1) is 5.75 Å². The highest BCUT2D eigenvalue weighted by molar-refractivity contribution is 7.98. The lowest BCUT2D eigenvalue weighted by molar-refractivity contribution is 0.610. The van der Waals surface area contributed by atoms with Gasteiger partial charge in [0, 0.05) is 37.3 Å². The normalized spacial score (nSPS) is 11.1. The maximum absolute atomic E-state index is 4.50. The Morgan fingerprint density at radius 2 is 1.93 bits per heavy atom. The van der Waals surface area contributed by atoms with E-state index in [-0.39, 0.29) is 0 Å². The molecular weight excluding hydrogens is 374 g/mol. The van der Waals surface area contributed by atoms with Gasteiger partial charge in [0.2, 0.25) is 0 Å². The van der Waals surface area contributed by atoms with E-state index in [0.717, 1.165) is 41.9 Å². The van der Waals surface area contributed by atoms with E-state index in [4.69, 9.17) is 0 Å². The Morgan fingerprint density at radius 3 is 2.67 bits per heavy atom. The fourth-order valence-corrected chi connectivity index (χ4v) is 4.59. The molecule has 0 aliphatic rings. The van der Waals surface area contributed by atoms with Crippen molar-refractivity contribution in [2.24, 2.45) is 7.05 Å². The van der Waals surface area contributed by atoms with Crippen LogP contribution in [0.2, 0.25) is 0 Å². The molecule has 0 atom stereocenters. The van der Waals surface area contributed by atoms with Gasteiger partial charge in [-0.25, -0.2) is 4.98 Å². The highest BCUT2D eigenvalue weighted by Crippen LogP contribution is 2.23. The van der Waals surface area contributed by atoms with Gasteiger partial charge >= 0.3 is 0 Å². The molecule has 1 aromatic carbocycles. The Bertz CT molecular complexity index is 973. The summed E-state index contributed by atoms with van der Waals surface area (Å²) in [5.41, 5.74) is 1.33. The molecule has 0 radical (unpaired) electrons. The number of thioether (sulfide) groups is 1. The van der Waals surface area contributed by atoms with Crippen LogP contribution >= 0.6 is 23.1 Å². The molecule has 3 aromatic heterocycles. The van der Waals surface area contributed by atoms with Crippen LogP contribution in [0.15, 0.2) is 65.4 Å². The van der Waals surface area contributed by atoms with Crippen LogP contribution in [0.5, 0.6) is 0 Å². The van der Waals surface area contributed by atoms with Crippen molar-refractivity contribution in [3.05, 3.63) is 82.3 Å². The minimum atomic E-state index is 0.784. The zero-order valence-electron chi connectivity index (χ0n) is 15.2. The Balaban J connectivity index is 1.53. The van der Waals surface area contributed by atoms with Crippen molar-refractivity contribution in [2.75, 3.05) is 0 Å². The van der Waals surface area contributed by atoms with Gasteiger partial charge in [0.15, 0.2) is 5.16 Å². The van der Waals surface area contributed by atoms with Crippen molar-refractivity contribution >= 4 is 23.1 Å². The van der Waals surface area contributed by atoms with Crippen LogP contribution in [0.4, 0.5) is 0 Å². The van der Waals surface area contributed by atoms with Gasteiger partial charge in [-0.15, -0.1) is 21.5 Å². The molecule has 0 aliphatic carbocycles. The van der Waals surface area contributed by atoms with E-state index in [1.54, 1.807) is 23.1 Å². The second kappa shape index (κ2) is 8.54. The van der Waals surface area contributed by atoms with Crippen molar-refractivity contribution in [1.82, 2.24) is 24.3 Å². The molecule has 4 rings (SSSR count). The van der Waals surface area contributed by atoms with E-state index in [1.165, 1.54) is 10.4 Å². The average molecular weight is 396 g/mol. The maximum atomic E-state index is 4.50. The van der Waals surface area contributed by atoms with Crippen LogP contribution in [0.1, 0.15) is 22.1 Å². The summed E-state index contributed by atoms with van der Waals surface area (Å²) in [7, 11) is 2.02. The first-order valence-corrected chi connectivity index (χ1v) is 10.7. The molecule has 4 aromatic rings. The third-order valence-electron chi connectivity index (χ3n) is 4.42. The number of hydrogen-bond donors (Lipinski definition) is 0. The van der Waals surface area contributed by atoms with E-state index >= 15 is 0 Å².